The number of carbonyl (C=O) groups excluding carboxylic acids is 1. The van der Waals surface area contributed by atoms with Crippen molar-refractivity contribution in [3.63, 3.8) is 0 Å². The predicted octanol–water partition coefficient (Wildman–Crippen LogP) is -0.526. The van der Waals surface area contributed by atoms with Gasteiger partial charge in [-0.3, -0.25) is 4.79 Å². The number of hydrogen-bond acceptors (Lipinski definition) is 4. The van der Waals surface area contributed by atoms with Gasteiger partial charge in [-0.2, -0.15) is 15.0 Å². The van der Waals surface area contributed by atoms with E-state index in [-0.39, 0.29) is 18.5 Å². The molecule has 1 aromatic heterocycles. The summed E-state index contributed by atoms with van der Waals surface area (Å²) in [6, 6.07) is 0.150. The molecule has 2 aliphatic rings. The first-order valence-electron chi connectivity index (χ1n) is 6.11. The van der Waals surface area contributed by atoms with Crippen LogP contribution in [0.5, 0.6) is 0 Å². The van der Waals surface area contributed by atoms with E-state index in [2.05, 4.69) is 10.2 Å². The molecule has 2 heterocycles. The molecule has 6 nitrogen and oxygen atoms in total. The lowest BCUT2D eigenvalue weighted by Crippen LogP contribution is -2.34. The zero-order valence-corrected chi connectivity index (χ0v) is 9.70. The number of nitrogens with two attached hydrogens (primary N) is 1. The van der Waals surface area contributed by atoms with Gasteiger partial charge in [-0.25, -0.2) is 0 Å². The predicted molar refractivity (Wildman–Crippen MR) is 60.8 cm³/mol. The van der Waals surface area contributed by atoms with Crippen molar-refractivity contribution in [1.29, 1.82) is 0 Å². The molecule has 1 amide bonds. The highest BCUT2D eigenvalue weighted by Crippen LogP contribution is 2.40. The second-order valence-electron chi connectivity index (χ2n) is 5.02. The Bertz CT molecular complexity index is 400. The van der Waals surface area contributed by atoms with Crippen molar-refractivity contribution < 1.29 is 4.79 Å². The van der Waals surface area contributed by atoms with Crippen LogP contribution in [-0.2, 0) is 11.3 Å². The van der Waals surface area contributed by atoms with Crippen LogP contribution in [0.25, 0.3) is 0 Å². The van der Waals surface area contributed by atoms with Gasteiger partial charge in [-0.15, -0.1) is 0 Å². The van der Waals surface area contributed by atoms with Crippen molar-refractivity contribution in [2.75, 3.05) is 13.1 Å². The molecule has 92 valence electrons. The Hall–Kier alpha value is -1.43. The maximum atomic E-state index is 12.0. The molecule has 2 N–H and O–H groups in total. The third-order valence-corrected chi connectivity index (χ3v) is 3.74. The summed E-state index contributed by atoms with van der Waals surface area (Å²) in [5.41, 5.74) is 6.09. The molecule has 2 fully saturated rings. The fourth-order valence-electron chi connectivity index (χ4n) is 2.63. The van der Waals surface area contributed by atoms with E-state index in [0.717, 1.165) is 12.5 Å². The molecule has 0 spiro atoms. The number of hydrogen-bond donors (Lipinski definition) is 1. The van der Waals surface area contributed by atoms with Crippen molar-refractivity contribution >= 4 is 5.91 Å². The van der Waals surface area contributed by atoms with Gasteiger partial charge in [0.1, 0.15) is 6.54 Å². The molecule has 0 aromatic carbocycles. The molecule has 2 atom stereocenters. The summed E-state index contributed by atoms with van der Waals surface area (Å²) in [6.45, 7) is 1.71. The van der Waals surface area contributed by atoms with E-state index in [1.807, 2.05) is 4.90 Å². The largest absolute Gasteiger partial charge is 0.339 e. The Kier molecular flexibility index (Phi) is 2.58. The minimum absolute atomic E-state index is 0.0693. The van der Waals surface area contributed by atoms with Crippen molar-refractivity contribution in [2.24, 2.45) is 17.6 Å². The van der Waals surface area contributed by atoms with E-state index < -0.39 is 0 Å². The zero-order chi connectivity index (χ0) is 11.8. The summed E-state index contributed by atoms with van der Waals surface area (Å²) >= 11 is 0. The molecular weight excluding hydrogens is 218 g/mol. The van der Waals surface area contributed by atoms with E-state index >= 15 is 0 Å². The lowest BCUT2D eigenvalue weighted by Gasteiger charge is -2.15. The van der Waals surface area contributed by atoms with Crippen LogP contribution >= 0.6 is 0 Å². The van der Waals surface area contributed by atoms with Crippen molar-refractivity contribution in [1.82, 2.24) is 19.9 Å². The van der Waals surface area contributed by atoms with Gasteiger partial charge < -0.3 is 10.6 Å². The third-order valence-electron chi connectivity index (χ3n) is 3.74. The quantitative estimate of drug-likeness (QED) is 0.764. The highest BCUT2D eigenvalue weighted by molar-refractivity contribution is 5.76. The smallest absolute Gasteiger partial charge is 0.246 e. The SMILES string of the molecule is NC1CN(C(=O)Cn2nccn2)CC1C1CC1. The Morgan fingerprint density at radius 3 is 2.65 bits per heavy atom. The Labute approximate surface area is 99.8 Å². The minimum atomic E-state index is 0.0693. The van der Waals surface area contributed by atoms with Crippen LogP contribution in [0, 0.1) is 11.8 Å². The maximum Gasteiger partial charge on any atom is 0.246 e. The molecule has 2 unspecified atom stereocenters. The molecule has 1 aliphatic carbocycles. The Balaban J connectivity index is 1.59. The van der Waals surface area contributed by atoms with Gasteiger partial charge in [0.05, 0.1) is 12.4 Å². The monoisotopic (exact) mass is 235 g/mol. The summed E-state index contributed by atoms with van der Waals surface area (Å²) < 4.78 is 0. The van der Waals surface area contributed by atoms with E-state index in [0.29, 0.717) is 12.5 Å². The summed E-state index contributed by atoms with van der Waals surface area (Å²) in [4.78, 5) is 15.3. The van der Waals surface area contributed by atoms with Crippen LogP contribution < -0.4 is 5.73 Å². The molecular formula is C11H17N5O. The van der Waals surface area contributed by atoms with Crippen LogP contribution in [0.15, 0.2) is 12.4 Å². The van der Waals surface area contributed by atoms with E-state index in [1.165, 1.54) is 17.6 Å². The van der Waals surface area contributed by atoms with Gasteiger partial charge in [0.2, 0.25) is 5.91 Å². The lowest BCUT2D eigenvalue weighted by atomic mass is 9.99. The van der Waals surface area contributed by atoms with Crippen LogP contribution in [0.1, 0.15) is 12.8 Å². The highest BCUT2D eigenvalue weighted by Gasteiger charge is 2.42. The van der Waals surface area contributed by atoms with E-state index in [4.69, 9.17) is 5.73 Å². The number of rotatable bonds is 3. The number of carbonyl (C=O) groups is 1. The fraction of sp³-hybridized carbons (Fsp3) is 0.727. The maximum absolute atomic E-state index is 12.0. The van der Waals surface area contributed by atoms with Crippen LogP contribution in [0.4, 0.5) is 0 Å². The number of aromatic nitrogens is 3. The summed E-state index contributed by atoms with van der Waals surface area (Å²) in [5, 5.41) is 7.88. The van der Waals surface area contributed by atoms with Crippen LogP contribution in [-0.4, -0.2) is 44.9 Å². The normalized spacial score (nSPS) is 28.6. The molecule has 0 radical (unpaired) electrons. The molecule has 1 saturated heterocycles. The van der Waals surface area contributed by atoms with Crippen molar-refractivity contribution in [3.05, 3.63) is 12.4 Å². The summed E-state index contributed by atoms with van der Waals surface area (Å²) in [5.74, 6) is 1.33. The molecule has 17 heavy (non-hydrogen) atoms. The molecule has 1 aromatic rings. The first-order valence-corrected chi connectivity index (χ1v) is 6.11. The molecule has 1 aliphatic heterocycles. The van der Waals surface area contributed by atoms with Gasteiger partial charge in [0.25, 0.3) is 0 Å². The first kappa shape index (κ1) is 10.7. The van der Waals surface area contributed by atoms with Gasteiger partial charge in [-0.1, -0.05) is 0 Å². The van der Waals surface area contributed by atoms with E-state index in [1.54, 1.807) is 12.4 Å². The third kappa shape index (κ3) is 2.17. The second-order valence-corrected chi connectivity index (χ2v) is 5.02. The highest BCUT2D eigenvalue weighted by atomic mass is 16.2. The summed E-state index contributed by atoms with van der Waals surface area (Å²) in [6.07, 6.45) is 5.72. The second kappa shape index (κ2) is 4.10. The van der Waals surface area contributed by atoms with E-state index in [9.17, 15) is 4.79 Å². The average molecular weight is 235 g/mol. The first-order chi connectivity index (χ1) is 8.24. The van der Waals surface area contributed by atoms with Crippen molar-refractivity contribution in [2.45, 2.75) is 25.4 Å². The number of likely N-dealkylation sites (tertiary alicyclic amines) is 1. The Morgan fingerprint density at radius 2 is 2.00 bits per heavy atom. The average Bonchev–Trinajstić information content (AvgIpc) is 2.87. The van der Waals surface area contributed by atoms with Crippen LogP contribution in [0.2, 0.25) is 0 Å². The molecule has 1 saturated carbocycles. The zero-order valence-electron chi connectivity index (χ0n) is 9.70. The number of amides is 1. The van der Waals surface area contributed by atoms with Gasteiger partial charge in [0.15, 0.2) is 0 Å². The van der Waals surface area contributed by atoms with Gasteiger partial charge in [-0.05, 0) is 24.7 Å². The van der Waals surface area contributed by atoms with Crippen LogP contribution in [0.3, 0.4) is 0 Å². The number of nitrogens with zero attached hydrogens (tertiary/aromatic N) is 4. The topological polar surface area (TPSA) is 77.0 Å². The standard InChI is InChI=1S/C11H17N5O/c12-10-6-15(5-9(10)8-1-2-8)11(17)7-16-13-3-4-14-16/h3-4,8-10H,1-2,5-7,12H2. The van der Waals surface area contributed by atoms with Gasteiger partial charge in [0, 0.05) is 19.1 Å². The summed E-state index contributed by atoms with van der Waals surface area (Å²) in [7, 11) is 0. The minimum Gasteiger partial charge on any atom is -0.339 e. The fourth-order valence-corrected chi connectivity index (χ4v) is 2.63. The van der Waals surface area contributed by atoms with Crippen molar-refractivity contribution in [3.8, 4) is 0 Å². The van der Waals surface area contributed by atoms with Gasteiger partial charge >= 0.3 is 0 Å². The molecule has 0 bridgehead atoms. The lowest BCUT2D eigenvalue weighted by molar-refractivity contribution is -0.131. The molecule has 6 heteroatoms. The molecule has 3 rings (SSSR count). The Morgan fingerprint density at radius 1 is 1.29 bits per heavy atom.